The van der Waals surface area contributed by atoms with Gasteiger partial charge in [-0.3, -0.25) is 11.3 Å². The molecule has 0 bridgehead atoms. The average Bonchev–Trinajstić information content (AvgIpc) is 2.76. The van der Waals surface area contributed by atoms with Crippen molar-refractivity contribution in [1.29, 1.82) is 0 Å². The highest BCUT2D eigenvalue weighted by Gasteiger charge is 2.17. The average molecular weight is 212 g/mol. The number of rotatable bonds is 7. The zero-order valence-electron chi connectivity index (χ0n) is 9.80. The largest absolute Gasteiger partial charge is 0.378 e. The second-order valence-corrected chi connectivity index (χ2v) is 4.38. The van der Waals surface area contributed by atoms with Crippen LogP contribution in [0.25, 0.3) is 0 Å². The molecule has 1 rings (SSSR count). The van der Waals surface area contributed by atoms with Crippen LogP contribution in [0, 0.1) is 0 Å². The van der Waals surface area contributed by atoms with Crippen LogP contribution in [0.4, 0.5) is 0 Å². The summed E-state index contributed by atoms with van der Waals surface area (Å²) in [4.78, 5) is 0. The van der Waals surface area contributed by atoms with Crippen LogP contribution in [0.5, 0.6) is 0 Å². The van der Waals surface area contributed by atoms with Gasteiger partial charge in [0.15, 0.2) is 0 Å². The molecular weight excluding hydrogens is 188 g/mol. The van der Waals surface area contributed by atoms with Gasteiger partial charge in [0.25, 0.3) is 0 Å². The maximum Gasteiger partial charge on any atom is 0.0576 e. The lowest BCUT2D eigenvalue weighted by Crippen LogP contribution is -2.36. The lowest BCUT2D eigenvalue weighted by atomic mass is 9.99. The lowest BCUT2D eigenvalue weighted by Gasteiger charge is -2.18. The first-order valence-electron chi connectivity index (χ1n) is 6.00. The summed E-state index contributed by atoms with van der Waals surface area (Å²) in [6.07, 6.45) is 7.12. The Kier molecular flexibility index (Phi) is 5.91. The van der Waals surface area contributed by atoms with Crippen molar-refractivity contribution in [3.05, 3.63) is 12.2 Å². The van der Waals surface area contributed by atoms with Gasteiger partial charge < -0.3 is 4.74 Å². The van der Waals surface area contributed by atoms with Gasteiger partial charge in [0.2, 0.25) is 0 Å². The summed E-state index contributed by atoms with van der Waals surface area (Å²) >= 11 is 0. The van der Waals surface area contributed by atoms with Crippen LogP contribution in [-0.4, -0.2) is 18.8 Å². The summed E-state index contributed by atoms with van der Waals surface area (Å²) < 4.78 is 5.59. The molecule has 1 aliphatic rings. The molecular formula is C12H24N2O. The molecule has 0 saturated carbocycles. The Hall–Kier alpha value is -0.380. The molecule has 15 heavy (non-hydrogen) atoms. The van der Waals surface area contributed by atoms with Crippen molar-refractivity contribution in [2.24, 2.45) is 5.84 Å². The quantitative estimate of drug-likeness (QED) is 0.386. The van der Waals surface area contributed by atoms with Gasteiger partial charge in [0.1, 0.15) is 0 Å². The fourth-order valence-electron chi connectivity index (χ4n) is 2.00. The third-order valence-corrected chi connectivity index (χ3v) is 3.13. The highest BCUT2D eigenvalue weighted by atomic mass is 16.5. The van der Waals surface area contributed by atoms with Crippen LogP contribution < -0.4 is 11.3 Å². The number of nitrogens with one attached hydrogen (secondary N) is 1. The zero-order valence-corrected chi connectivity index (χ0v) is 9.80. The van der Waals surface area contributed by atoms with E-state index in [2.05, 4.69) is 18.9 Å². The van der Waals surface area contributed by atoms with E-state index in [0.717, 1.165) is 32.3 Å². The molecule has 0 aromatic heterocycles. The second-order valence-electron chi connectivity index (χ2n) is 4.38. The molecule has 0 spiro atoms. The molecule has 1 fully saturated rings. The number of hydrazine groups is 1. The standard InChI is InChI=1S/C12H24N2O/c1-3-10(2)9-11(14-13)6-7-12-5-4-8-15-12/h11-12,14H,2-9,13H2,1H3. The molecule has 1 saturated heterocycles. The maximum atomic E-state index is 5.59. The minimum Gasteiger partial charge on any atom is -0.378 e. The van der Waals surface area contributed by atoms with Crippen molar-refractivity contribution in [3.63, 3.8) is 0 Å². The SMILES string of the molecule is C=C(CC)CC(CCC1CCCO1)NN. The van der Waals surface area contributed by atoms with Gasteiger partial charge in [-0.15, -0.1) is 0 Å². The normalized spacial score (nSPS) is 22.9. The number of ether oxygens (including phenoxy) is 1. The highest BCUT2D eigenvalue weighted by molar-refractivity contribution is 4.96. The Morgan fingerprint density at radius 1 is 1.67 bits per heavy atom. The van der Waals surface area contributed by atoms with E-state index in [9.17, 15) is 0 Å². The Morgan fingerprint density at radius 2 is 2.47 bits per heavy atom. The van der Waals surface area contributed by atoms with E-state index >= 15 is 0 Å². The van der Waals surface area contributed by atoms with E-state index < -0.39 is 0 Å². The molecule has 3 heteroatoms. The predicted molar refractivity (Wildman–Crippen MR) is 63.4 cm³/mol. The topological polar surface area (TPSA) is 47.3 Å². The Bertz CT molecular complexity index is 188. The zero-order chi connectivity index (χ0) is 11.1. The monoisotopic (exact) mass is 212 g/mol. The summed E-state index contributed by atoms with van der Waals surface area (Å²) in [5.41, 5.74) is 4.14. The third-order valence-electron chi connectivity index (χ3n) is 3.13. The molecule has 0 amide bonds. The molecule has 88 valence electrons. The van der Waals surface area contributed by atoms with Crippen LogP contribution in [0.3, 0.4) is 0 Å². The first kappa shape index (κ1) is 12.7. The van der Waals surface area contributed by atoms with E-state index in [-0.39, 0.29) is 0 Å². The first-order valence-corrected chi connectivity index (χ1v) is 6.00. The van der Waals surface area contributed by atoms with Crippen molar-refractivity contribution < 1.29 is 4.74 Å². The van der Waals surface area contributed by atoms with Crippen LogP contribution in [0.15, 0.2) is 12.2 Å². The molecule has 0 aromatic rings. The summed E-state index contributed by atoms with van der Waals surface area (Å²) in [5, 5.41) is 0. The van der Waals surface area contributed by atoms with E-state index in [1.165, 1.54) is 18.4 Å². The fourth-order valence-corrected chi connectivity index (χ4v) is 2.00. The third kappa shape index (κ3) is 4.78. The van der Waals surface area contributed by atoms with E-state index in [1.807, 2.05) is 0 Å². The number of hydrogen-bond acceptors (Lipinski definition) is 3. The van der Waals surface area contributed by atoms with Crippen molar-refractivity contribution in [2.45, 2.75) is 57.6 Å². The molecule has 2 unspecified atom stereocenters. The molecule has 0 aliphatic carbocycles. The highest BCUT2D eigenvalue weighted by Crippen LogP contribution is 2.19. The minimum absolute atomic E-state index is 0.363. The van der Waals surface area contributed by atoms with Crippen LogP contribution in [-0.2, 0) is 4.74 Å². The van der Waals surface area contributed by atoms with Gasteiger partial charge in [0.05, 0.1) is 6.10 Å². The van der Waals surface area contributed by atoms with Gasteiger partial charge in [-0.25, -0.2) is 0 Å². The summed E-state index contributed by atoms with van der Waals surface area (Å²) in [6, 6.07) is 0.363. The summed E-state index contributed by atoms with van der Waals surface area (Å²) in [6.45, 7) is 7.09. The van der Waals surface area contributed by atoms with Crippen molar-refractivity contribution in [3.8, 4) is 0 Å². The molecule has 2 atom stereocenters. The van der Waals surface area contributed by atoms with Gasteiger partial charge in [0, 0.05) is 12.6 Å². The predicted octanol–water partition coefficient (Wildman–Crippen LogP) is 2.13. The Morgan fingerprint density at radius 3 is 3.00 bits per heavy atom. The van der Waals surface area contributed by atoms with Crippen LogP contribution in [0.1, 0.15) is 45.4 Å². The number of hydrogen-bond donors (Lipinski definition) is 2. The summed E-state index contributed by atoms with van der Waals surface area (Å²) in [7, 11) is 0. The van der Waals surface area contributed by atoms with E-state index in [1.54, 1.807) is 0 Å². The van der Waals surface area contributed by atoms with E-state index in [0.29, 0.717) is 12.1 Å². The Labute approximate surface area is 93.0 Å². The second kappa shape index (κ2) is 6.99. The molecule has 3 N–H and O–H groups in total. The lowest BCUT2D eigenvalue weighted by molar-refractivity contribution is 0.0995. The maximum absolute atomic E-state index is 5.59. The van der Waals surface area contributed by atoms with Gasteiger partial charge in [-0.2, -0.15) is 0 Å². The van der Waals surface area contributed by atoms with Crippen molar-refractivity contribution in [2.75, 3.05) is 6.61 Å². The molecule has 0 aromatic carbocycles. The molecule has 1 heterocycles. The van der Waals surface area contributed by atoms with Gasteiger partial charge in [-0.05, 0) is 38.5 Å². The fraction of sp³-hybridized carbons (Fsp3) is 0.833. The molecule has 0 radical (unpaired) electrons. The molecule has 3 nitrogen and oxygen atoms in total. The van der Waals surface area contributed by atoms with Gasteiger partial charge in [-0.1, -0.05) is 19.1 Å². The minimum atomic E-state index is 0.363. The smallest absolute Gasteiger partial charge is 0.0576 e. The van der Waals surface area contributed by atoms with Crippen molar-refractivity contribution in [1.82, 2.24) is 5.43 Å². The van der Waals surface area contributed by atoms with E-state index in [4.69, 9.17) is 10.6 Å². The molecule has 1 aliphatic heterocycles. The number of nitrogens with two attached hydrogens (primary N) is 1. The van der Waals surface area contributed by atoms with Crippen molar-refractivity contribution >= 4 is 0 Å². The van der Waals surface area contributed by atoms with Gasteiger partial charge >= 0.3 is 0 Å². The van der Waals surface area contributed by atoms with Crippen LogP contribution in [0.2, 0.25) is 0 Å². The van der Waals surface area contributed by atoms with Crippen LogP contribution >= 0.6 is 0 Å². The Balaban J connectivity index is 2.17. The summed E-state index contributed by atoms with van der Waals surface area (Å²) in [5.74, 6) is 5.53. The first-order chi connectivity index (χ1) is 7.26.